The van der Waals surface area contributed by atoms with Crippen LogP contribution in [0.2, 0.25) is 0 Å². The Morgan fingerprint density at radius 3 is 3.08 bits per heavy atom. The smallest absolute Gasteiger partial charge is 0.0662 e. The van der Waals surface area contributed by atoms with Gasteiger partial charge in [-0.3, -0.25) is 14.7 Å². The molecule has 0 radical (unpaired) electrons. The number of rotatable bonds is 7. The van der Waals surface area contributed by atoms with E-state index in [0.717, 1.165) is 42.8 Å². The van der Waals surface area contributed by atoms with Crippen molar-refractivity contribution in [3.8, 4) is 0 Å². The Labute approximate surface area is 147 Å². The fraction of sp³-hybridized carbons (Fsp3) is 0.316. The van der Waals surface area contributed by atoms with Gasteiger partial charge in [0.2, 0.25) is 0 Å². The Morgan fingerprint density at radius 1 is 1.46 bits per heavy atom. The predicted octanol–water partition coefficient (Wildman–Crippen LogP) is 4.76. The van der Waals surface area contributed by atoms with Crippen molar-refractivity contribution in [3.05, 3.63) is 58.8 Å². The lowest BCUT2D eigenvalue weighted by atomic mass is 10.0. The van der Waals surface area contributed by atoms with Gasteiger partial charge >= 0.3 is 0 Å². The largest absolute Gasteiger partial charge is 0.272 e. The van der Waals surface area contributed by atoms with Crippen LogP contribution >= 0.6 is 11.3 Å². The molecular weight excluding hydrogens is 316 g/mol. The molecule has 0 amide bonds. The maximum atomic E-state index is 4.64. The van der Waals surface area contributed by atoms with E-state index in [1.54, 1.807) is 11.3 Å². The molecule has 4 nitrogen and oxygen atoms in total. The minimum atomic E-state index is 0.830. The van der Waals surface area contributed by atoms with Crippen LogP contribution in [0, 0.1) is 0 Å². The SMILES string of the molecule is C/C=C\N=C(CCc1cccs1)C1=NC=C(c2cnn(CC)c2)C1. The number of aliphatic imine (C=N–C) groups is 2. The zero-order valence-corrected chi connectivity index (χ0v) is 15.0. The van der Waals surface area contributed by atoms with Crippen molar-refractivity contribution >= 4 is 28.3 Å². The molecule has 0 fully saturated rings. The maximum Gasteiger partial charge on any atom is 0.0662 e. The van der Waals surface area contributed by atoms with Crippen molar-refractivity contribution in [2.24, 2.45) is 9.98 Å². The van der Waals surface area contributed by atoms with Crippen LogP contribution < -0.4 is 0 Å². The van der Waals surface area contributed by atoms with E-state index in [0.29, 0.717) is 0 Å². The summed E-state index contributed by atoms with van der Waals surface area (Å²) in [5.74, 6) is 0. The third kappa shape index (κ3) is 3.97. The van der Waals surface area contributed by atoms with Crippen LogP contribution in [0.3, 0.4) is 0 Å². The molecular formula is C19H22N4S. The second-order valence-electron chi connectivity index (χ2n) is 5.63. The lowest BCUT2D eigenvalue weighted by molar-refractivity contribution is 0.659. The van der Waals surface area contributed by atoms with E-state index < -0.39 is 0 Å². The molecule has 3 rings (SSSR count). The maximum absolute atomic E-state index is 4.64. The van der Waals surface area contributed by atoms with Crippen molar-refractivity contribution in [2.75, 3.05) is 0 Å². The summed E-state index contributed by atoms with van der Waals surface area (Å²) in [5, 5.41) is 6.47. The molecule has 5 heteroatoms. The second kappa shape index (κ2) is 8.02. The average Bonchev–Trinajstić information content (AvgIpc) is 3.35. The molecule has 2 aromatic heterocycles. The summed E-state index contributed by atoms with van der Waals surface area (Å²) in [4.78, 5) is 10.7. The van der Waals surface area contributed by atoms with Crippen LogP contribution in [0.15, 0.2) is 58.4 Å². The molecule has 1 aliphatic rings. The summed E-state index contributed by atoms with van der Waals surface area (Å²) in [7, 11) is 0. The van der Waals surface area contributed by atoms with Gasteiger partial charge in [-0.05, 0) is 43.7 Å². The highest BCUT2D eigenvalue weighted by molar-refractivity contribution is 7.09. The fourth-order valence-corrected chi connectivity index (χ4v) is 3.34. The number of aryl methyl sites for hydroxylation is 2. The molecule has 0 aromatic carbocycles. The normalized spacial score (nSPS) is 15.2. The summed E-state index contributed by atoms with van der Waals surface area (Å²) in [6.07, 6.45) is 12.5. The van der Waals surface area contributed by atoms with Crippen molar-refractivity contribution < 1.29 is 0 Å². The van der Waals surface area contributed by atoms with Gasteiger partial charge < -0.3 is 0 Å². The highest BCUT2D eigenvalue weighted by Crippen LogP contribution is 2.25. The molecule has 0 aliphatic carbocycles. The first-order chi connectivity index (χ1) is 11.8. The lowest BCUT2D eigenvalue weighted by Crippen LogP contribution is -2.13. The van der Waals surface area contributed by atoms with Crippen LogP contribution in [0.4, 0.5) is 0 Å². The zero-order valence-electron chi connectivity index (χ0n) is 14.1. The van der Waals surface area contributed by atoms with Crippen LogP contribution in [0.1, 0.15) is 37.1 Å². The van der Waals surface area contributed by atoms with E-state index in [4.69, 9.17) is 0 Å². The van der Waals surface area contributed by atoms with Crippen molar-refractivity contribution in [1.82, 2.24) is 9.78 Å². The standard InChI is InChI=1S/C19H22N4S/c1-3-9-20-18(8-7-17-6-5-10-24-17)19-11-15(12-21-19)16-13-22-23(4-2)14-16/h3,5-6,9-10,12-14H,4,7-8,11H2,1-2H3/b9-3-,20-18?. The third-order valence-corrected chi connectivity index (χ3v) is 4.90. The minimum absolute atomic E-state index is 0.830. The van der Waals surface area contributed by atoms with Gasteiger partial charge in [-0.15, -0.1) is 11.3 Å². The Balaban J connectivity index is 1.68. The van der Waals surface area contributed by atoms with Crippen LogP contribution in [-0.4, -0.2) is 21.2 Å². The van der Waals surface area contributed by atoms with Gasteiger partial charge in [0.1, 0.15) is 0 Å². The molecule has 0 saturated carbocycles. The minimum Gasteiger partial charge on any atom is -0.272 e. The quantitative estimate of drug-likeness (QED) is 0.671. The van der Waals surface area contributed by atoms with Crippen molar-refractivity contribution in [2.45, 2.75) is 39.7 Å². The van der Waals surface area contributed by atoms with Gasteiger partial charge in [0.25, 0.3) is 0 Å². The fourth-order valence-electron chi connectivity index (χ4n) is 2.63. The van der Waals surface area contributed by atoms with E-state index in [2.05, 4.69) is 45.7 Å². The first kappa shape index (κ1) is 16.6. The van der Waals surface area contributed by atoms with Gasteiger partial charge in [0.15, 0.2) is 0 Å². The van der Waals surface area contributed by atoms with Gasteiger partial charge in [-0.25, -0.2) is 0 Å². The Kier molecular flexibility index (Phi) is 5.54. The topological polar surface area (TPSA) is 42.5 Å². The molecule has 3 heterocycles. The molecule has 0 atom stereocenters. The summed E-state index contributed by atoms with van der Waals surface area (Å²) < 4.78 is 1.94. The predicted molar refractivity (Wildman–Crippen MR) is 103 cm³/mol. The van der Waals surface area contributed by atoms with E-state index in [9.17, 15) is 0 Å². The number of allylic oxidation sites excluding steroid dienone is 2. The van der Waals surface area contributed by atoms with E-state index in [1.807, 2.05) is 36.3 Å². The molecule has 0 spiro atoms. The van der Waals surface area contributed by atoms with E-state index >= 15 is 0 Å². The summed E-state index contributed by atoms with van der Waals surface area (Å²) >= 11 is 1.80. The number of thiophene rings is 1. The van der Waals surface area contributed by atoms with E-state index in [-0.39, 0.29) is 0 Å². The number of aromatic nitrogens is 2. The first-order valence-corrected chi connectivity index (χ1v) is 9.17. The van der Waals surface area contributed by atoms with Gasteiger partial charge in [-0.2, -0.15) is 5.10 Å². The Hall–Kier alpha value is -2.27. The molecule has 24 heavy (non-hydrogen) atoms. The molecule has 0 unspecified atom stereocenters. The lowest BCUT2D eigenvalue weighted by Gasteiger charge is -2.06. The second-order valence-corrected chi connectivity index (χ2v) is 6.66. The number of hydrogen-bond donors (Lipinski definition) is 0. The van der Waals surface area contributed by atoms with Crippen molar-refractivity contribution in [3.63, 3.8) is 0 Å². The molecule has 1 aliphatic heterocycles. The van der Waals surface area contributed by atoms with Crippen molar-refractivity contribution in [1.29, 1.82) is 0 Å². The Bertz CT molecular complexity index is 791. The first-order valence-electron chi connectivity index (χ1n) is 8.29. The summed E-state index contributed by atoms with van der Waals surface area (Å²) in [5.41, 5.74) is 4.52. The van der Waals surface area contributed by atoms with Crippen LogP contribution in [0.25, 0.3) is 5.57 Å². The highest BCUT2D eigenvalue weighted by Gasteiger charge is 2.18. The van der Waals surface area contributed by atoms with Gasteiger partial charge in [0, 0.05) is 42.0 Å². The molecule has 0 N–H and O–H groups in total. The van der Waals surface area contributed by atoms with Gasteiger partial charge in [-0.1, -0.05) is 12.1 Å². The zero-order chi connectivity index (χ0) is 16.8. The van der Waals surface area contributed by atoms with Crippen LogP contribution in [0.5, 0.6) is 0 Å². The highest BCUT2D eigenvalue weighted by atomic mass is 32.1. The molecule has 0 saturated heterocycles. The van der Waals surface area contributed by atoms with Crippen LogP contribution in [-0.2, 0) is 13.0 Å². The summed E-state index contributed by atoms with van der Waals surface area (Å²) in [6.45, 7) is 4.96. The third-order valence-electron chi connectivity index (χ3n) is 3.96. The monoisotopic (exact) mass is 338 g/mol. The number of nitrogens with zero attached hydrogens (tertiary/aromatic N) is 4. The summed E-state index contributed by atoms with van der Waals surface area (Å²) in [6, 6.07) is 4.28. The molecule has 124 valence electrons. The van der Waals surface area contributed by atoms with E-state index in [1.165, 1.54) is 10.5 Å². The Morgan fingerprint density at radius 2 is 2.38 bits per heavy atom. The molecule has 0 bridgehead atoms. The average molecular weight is 338 g/mol. The number of hydrogen-bond acceptors (Lipinski definition) is 4. The molecule has 2 aromatic rings. The van der Waals surface area contributed by atoms with Gasteiger partial charge in [0.05, 0.1) is 17.6 Å².